The van der Waals surface area contributed by atoms with Crippen molar-refractivity contribution in [3.8, 4) is 0 Å². The van der Waals surface area contributed by atoms with Crippen LogP contribution in [-0.2, 0) is 11.3 Å². The van der Waals surface area contributed by atoms with Gasteiger partial charge in [-0.3, -0.25) is 9.69 Å². The topological polar surface area (TPSA) is 103 Å². The zero-order valence-corrected chi connectivity index (χ0v) is 16.7. The Morgan fingerprint density at radius 1 is 1.32 bits per heavy atom. The van der Waals surface area contributed by atoms with E-state index >= 15 is 0 Å². The molecule has 2 aliphatic rings. The van der Waals surface area contributed by atoms with Crippen LogP contribution in [0.1, 0.15) is 25.8 Å². The van der Waals surface area contributed by atoms with Gasteiger partial charge < -0.3 is 15.8 Å². The standard InChI is InChI=1S/C21H31N5O2/c1-14(2)17-11-18(20(28)12-19(17)27)21(25-22)24-16-5-3-15(4-6-16)13-26-9-7-23-8-10-26/h3-6,11,14,17,19,23,27H,7-10,12-13,22H2,1-2H3,(H,24,25). The smallest absolute Gasteiger partial charge is 0.168 e. The zero-order chi connectivity index (χ0) is 20.1. The monoisotopic (exact) mass is 385 g/mol. The Balaban J connectivity index is 1.76. The summed E-state index contributed by atoms with van der Waals surface area (Å²) in [6, 6.07) is 8.01. The summed E-state index contributed by atoms with van der Waals surface area (Å²) in [4.78, 5) is 19.4. The molecule has 7 heteroatoms. The lowest BCUT2D eigenvalue weighted by Gasteiger charge is -2.28. The van der Waals surface area contributed by atoms with Gasteiger partial charge in [0.1, 0.15) is 0 Å². The van der Waals surface area contributed by atoms with E-state index in [2.05, 4.69) is 32.8 Å². The lowest BCUT2D eigenvalue weighted by atomic mass is 9.80. The second-order valence-corrected chi connectivity index (χ2v) is 7.89. The Kier molecular flexibility index (Phi) is 6.96. The largest absolute Gasteiger partial charge is 0.392 e. The second kappa shape index (κ2) is 9.43. The normalized spacial score (nSPS) is 24.4. The van der Waals surface area contributed by atoms with Crippen LogP contribution in [-0.4, -0.2) is 53.9 Å². The molecule has 5 N–H and O–H groups in total. The number of rotatable bonds is 5. The Morgan fingerprint density at radius 3 is 2.61 bits per heavy atom. The molecule has 1 heterocycles. The van der Waals surface area contributed by atoms with Crippen LogP contribution in [0.4, 0.5) is 5.69 Å². The van der Waals surface area contributed by atoms with Gasteiger partial charge in [0.25, 0.3) is 0 Å². The molecule has 1 saturated heterocycles. The van der Waals surface area contributed by atoms with Gasteiger partial charge in [-0.05, 0) is 23.6 Å². The molecule has 0 spiro atoms. The molecule has 7 nitrogen and oxygen atoms in total. The van der Waals surface area contributed by atoms with E-state index in [1.165, 1.54) is 5.56 Å². The molecule has 28 heavy (non-hydrogen) atoms. The van der Waals surface area contributed by atoms with Gasteiger partial charge in [-0.2, -0.15) is 0 Å². The molecule has 3 rings (SSSR count). The number of hydrogen-bond acceptors (Lipinski definition) is 6. The highest BCUT2D eigenvalue weighted by molar-refractivity contribution is 6.22. The average molecular weight is 386 g/mol. The third kappa shape index (κ3) is 5.05. The molecule has 1 fully saturated rings. The van der Waals surface area contributed by atoms with E-state index in [0.717, 1.165) is 38.4 Å². The van der Waals surface area contributed by atoms with Crippen LogP contribution in [0.5, 0.6) is 0 Å². The summed E-state index contributed by atoms with van der Waals surface area (Å²) in [5, 5.41) is 13.5. The van der Waals surface area contributed by atoms with Gasteiger partial charge in [0.05, 0.1) is 17.4 Å². The number of nitrogens with one attached hydrogen (secondary N) is 2. The third-order valence-corrected chi connectivity index (χ3v) is 5.45. The van der Waals surface area contributed by atoms with E-state index in [4.69, 9.17) is 5.84 Å². The number of carbonyl (C=O) groups excluding carboxylic acids is 1. The van der Waals surface area contributed by atoms with Crippen LogP contribution in [0.2, 0.25) is 0 Å². The number of nitrogens with two attached hydrogens (primary N) is 1. The number of carbonyl (C=O) groups is 1. The first-order chi connectivity index (χ1) is 13.5. The van der Waals surface area contributed by atoms with Crippen LogP contribution >= 0.6 is 0 Å². The molecular weight excluding hydrogens is 354 g/mol. The van der Waals surface area contributed by atoms with Crippen LogP contribution in [0, 0.1) is 11.8 Å². The van der Waals surface area contributed by atoms with Crippen LogP contribution in [0.25, 0.3) is 0 Å². The molecule has 2 unspecified atom stereocenters. The number of hydrogen-bond donors (Lipinski definition) is 4. The quantitative estimate of drug-likeness (QED) is 0.262. The number of aliphatic hydroxyl groups excluding tert-OH is 1. The fourth-order valence-electron chi connectivity index (χ4n) is 3.78. The van der Waals surface area contributed by atoms with Crippen molar-refractivity contribution in [3.05, 3.63) is 41.5 Å². The molecule has 1 aromatic carbocycles. The number of aliphatic imine (C=N–C) groups is 1. The Morgan fingerprint density at radius 2 is 2.00 bits per heavy atom. The average Bonchev–Trinajstić information content (AvgIpc) is 2.68. The van der Waals surface area contributed by atoms with Crippen molar-refractivity contribution in [2.24, 2.45) is 22.7 Å². The van der Waals surface area contributed by atoms with Gasteiger partial charge in [0.2, 0.25) is 0 Å². The number of Topliss-reactive ketones (excluding diaryl/α,β-unsaturated/α-hetero) is 1. The summed E-state index contributed by atoms with van der Waals surface area (Å²) in [6.45, 7) is 9.15. The van der Waals surface area contributed by atoms with Crippen molar-refractivity contribution < 1.29 is 9.90 Å². The van der Waals surface area contributed by atoms with Crippen molar-refractivity contribution in [1.82, 2.24) is 15.6 Å². The molecule has 1 aliphatic carbocycles. The summed E-state index contributed by atoms with van der Waals surface area (Å²) in [6.07, 6.45) is 1.25. The molecular formula is C21H31N5O2. The number of amidine groups is 1. The highest BCUT2D eigenvalue weighted by atomic mass is 16.3. The fourth-order valence-corrected chi connectivity index (χ4v) is 3.78. The van der Waals surface area contributed by atoms with Crippen LogP contribution < -0.4 is 16.6 Å². The van der Waals surface area contributed by atoms with E-state index in [0.29, 0.717) is 11.4 Å². The van der Waals surface area contributed by atoms with E-state index in [-0.39, 0.29) is 24.0 Å². The Hall–Kier alpha value is -2.06. The minimum Gasteiger partial charge on any atom is -0.392 e. The van der Waals surface area contributed by atoms with Crippen LogP contribution in [0.3, 0.4) is 0 Å². The molecule has 152 valence electrons. The van der Waals surface area contributed by atoms with Crippen molar-refractivity contribution in [1.29, 1.82) is 0 Å². The molecule has 0 saturated carbocycles. The maximum absolute atomic E-state index is 12.4. The van der Waals surface area contributed by atoms with Gasteiger partial charge >= 0.3 is 0 Å². The van der Waals surface area contributed by atoms with Crippen molar-refractivity contribution in [2.75, 3.05) is 26.2 Å². The minimum atomic E-state index is -0.653. The summed E-state index contributed by atoms with van der Waals surface area (Å²) < 4.78 is 0. The minimum absolute atomic E-state index is 0.0901. The molecule has 2 atom stereocenters. The SMILES string of the molecule is CC(C)C1C=C(C(=Nc2ccc(CN3CCNCC3)cc2)NN)C(=O)CC1O. The Labute approximate surface area is 166 Å². The van der Waals surface area contributed by atoms with Crippen molar-refractivity contribution in [3.63, 3.8) is 0 Å². The molecule has 1 aromatic rings. The molecule has 0 radical (unpaired) electrons. The van der Waals surface area contributed by atoms with Crippen molar-refractivity contribution in [2.45, 2.75) is 32.9 Å². The maximum Gasteiger partial charge on any atom is 0.168 e. The number of piperazine rings is 1. The van der Waals surface area contributed by atoms with Gasteiger partial charge in [0, 0.05) is 45.1 Å². The lowest BCUT2D eigenvalue weighted by molar-refractivity contribution is -0.118. The Bertz CT molecular complexity index is 736. The summed E-state index contributed by atoms with van der Waals surface area (Å²) in [5.74, 6) is 6.01. The summed E-state index contributed by atoms with van der Waals surface area (Å²) in [7, 11) is 0. The van der Waals surface area contributed by atoms with E-state index in [1.807, 2.05) is 26.0 Å². The highest BCUT2D eigenvalue weighted by Gasteiger charge is 2.32. The third-order valence-electron chi connectivity index (χ3n) is 5.45. The first-order valence-corrected chi connectivity index (χ1v) is 9.98. The fraction of sp³-hybridized carbons (Fsp3) is 0.524. The van der Waals surface area contributed by atoms with Gasteiger partial charge in [-0.15, -0.1) is 0 Å². The predicted octanol–water partition coefficient (Wildman–Crippen LogP) is 1.12. The van der Waals surface area contributed by atoms with Gasteiger partial charge in [-0.1, -0.05) is 32.1 Å². The highest BCUT2D eigenvalue weighted by Crippen LogP contribution is 2.28. The van der Waals surface area contributed by atoms with Crippen molar-refractivity contribution >= 4 is 17.3 Å². The van der Waals surface area contributed by atoms with E-state index in [1.54, 1.807) is 6.08 Å². The number of aliphatic hydroxyl groups is 1. The second-order valence-electron chi connectivity index (χ2n) is 7.89. The van der Waals surface area contributed by atoms with Gasteiger partial charge in [0.15, 0.2) is 11.6 Å². The molecule has 0 amide bonds. The number of hydrazine groups is 1. The number of benzene rings is 1. The summed E-state index contributed by atoms with van der Waals surface area (Å²) in [5.41, 5.74) is 4.99. The molecule has 0 aromatic heterocycles. The van der Waals surface area contributed by atoms with E-state index < -0.39 is 6.10 Å². The summed E-state index contributed by atoms with van der Waals surface area (Å²) >= 11 is 0. The zero-order valence-electron chi connectivity index (χ0n) is 16.7. The first-order valence-electron chi connectivity index (χ1n) is 9.98. The van der Waals surface area contributed by atoms with E-state index in [9.17, 15) is 9.90 Å². The first kappa shape index (κ1) is 20.7. The predicted molar refractivity (Wildman–Crippen MR) is 111 cm³/mol. The van der Waals surface area contributed by atoms with Crippen LogP contribution in [0.15, 0.2) is 40.9 Å². The lowest BCUT2D eigenvalue weighted by Crippen LogP contribution is -2.42. The number of ketones is 1. The molecule has 1 aliphatic heterocycles. The van der Waals surface area contributed by atoms with Gasteiger partial charge in [-0.25, -0.2) is 10.8 Å². The molecule has 0 bridgehead atoms. The maximum atomic E-state index is 12.4. The number of nitrogens with zero attached hydrogens (tertiary/aromatic N) is 2.